The number of carbonyl (C=O) groups is 2. The second-order valence-electron chi connectivity index (χ2n) is 6.75. The van der Waals surface area contributed by atoms with Crippen LogP contribution in [0.5, 0.6) is 11.5 Å². The molecule has 2 aromatic rings. The van der Waals surface area contributed by atoms with Crippen LogP contribution in [0.15, 0.2) is 42.5 Å². The van der Waals surface area contributed by atoms with Crippen LogP contribution in [0.2, 0.25) is 0 Å². The van der Waals surface area contributed by atoms with E-state index in [0.717, 1.165) is 30.6 Å². The molecule has 1 N–H and O–H groups in total. The van der Waals surface area contributed by atoms with Gasteiger partial charge in [-0.3, -0.25) is 4.79 Å². The molecule has 0 aromatic heterocycles. The van der Waals surface area contributed by atoms with Gasteiger partial charge in [0, 0.05) is 0 Å². The molecule has 6 heteroatoms. The maximum absolute atomic E-state index is 11.7. The minimum Gasteiger partial charge on any atom is -0.492 e. The van der Waals surface area contributed by atoms with Gasteiger partial charge in [-0.2, -0.15) is 0 Å². The molecule has 0 bridgehead atoms. The third-order valence-electron chi connectivity index (χ3n) is 4.47. The second kappa shape index (κ2) is 9.78. The largest absolute Gasteiger partial charge is 0.492 e. The first-order chi connectivity index (χ1) is 13.6. The number of carbonyl (C=O) groups excluding carboxylic acids is 2. The van der Waals surface area contributed by atoms with Crippen LogP contribution in [-0.4, -0.2) is 38.2 Å². The standard InChI is InChI=1S/C22H25NO5/c1-16-4-2-7-19(12-16)26-11-10-23-21(24)14-28-22(25)15-27-20-9-8-17-5-3-6-18(17)13-20/h2,4,7-9,12-13H,3,5-6,10-11,14-15H2,1H3,(H,23,24). The average molecular weight is 383 g/mol. The highest BCUT2D eigenvalue weighted by Crippen LogP contribution is 2.25. The number of hydrogen-bond donors (Lipinski definition) is 1. The van der Waals surface area contributed by atoms with Crippen molar-refractivity contribution in [3.8, 4) is 11.5 Å². The van der Waals surface area contributed by atoms with Crippen molar-refractivity contribution >= 4 is 11.9 Å². The highest BCUT2D eigenvalue weighted by atomic mass is 16.6. The molecule has 0 atom stereocenters. The molecular formula is C22H25NO5. The molecule has 6 nitrogen and oxygen atoms in total. The summed E-state index contributed by atoms with van der Waals surface area (Å²) in [4.78, 5) is 23.5. The summed E-state index contributed by atoms with van der Waals surface area (Å²) in [7, 11) is 0. The maximum Gasteiger partial charge on any atom is 0.344 e. The number of aryl methyl sites for hydroxylation is 3. The first kappa shape index (κ1) is 19.7. The molecule has 1 aliphatic rings. The van der Waals surface area contributed by atoms with Crippen molar-refractivity contribution < 1.29 is 23.8 Å². The Morgan fingerprint density at radius 3 is 2.64 bits per heavy atom. The summed E-state index contributed by atoms with van der Waals surface area (Å²) in [5.41, 5.74) is 3.73. The van der Waals surface area contributed by atoms with E-state index in [0.29, 0.717) is 18.9 Å². The van der Waals surface area contributed by atoms with Crippen LogP contribution in [0.25, 0.3) is 0 Å². The first-order valence-corrected chi connectivity index (χ1v) is 9.46. The lowest BCUT2D eigenvalue weighted by molar-refractivity contribution is -0.150. The number of nitrogens with one attached hydrogen (secondary N) is 1. The molecule has 1 amide bonds. The van der Waals surface area contributed by atoms with Gasteiger partial charge in [0.25, 0.3) is 5.91 Å². The van der Waals surface area contributed by atoms with Crippen molar-refractivity contribution in [1.29, 1.82) is 0 Å². The van der Waals surface area contributed by atoms with Gasteiger partial charge in [-0.1, -0.05) is 18.2 Å². The van der Waals surface area contributed by atoms with Gasteiger partial charge in [0.05, 0.1) is 6.54 Å². The van der Waals surface area contributed by atoms with Gasteiger partial charge in [0.1, 0.15) is 18.1 Å². The van der Waals surface area contributed by atoms with E-state index in [1.807, 2.05) is 49.4 Å². The van der Waals surface area contributed by atoms with Gasteiger partial charge in [0.2, 0.25) is 0 Å². The van der Waals surface area contributed by atoms with Crippen LogP contribution in [0.4, 0.5) is 0 Å². The summed E-state index contributed by atoms with van der Waals surface area (Å²) in [6.07, 6.45) is 3.31. The number of fused-ring (bicyclic) bond motifs is 1. The maximum atomic E-state index is 11.7. The van der Waals surface area contributed by atoms with Crippen LogP contribution < -0.4 is 14.8 Å². The molecule has 0 spiro atoms. The average Bonchev–Trinajstić information content (AvgIpc) is 3.16. The van der Waals surface area contributed by atoms with E-state index in [-0.39, 0.29) is 19.1 Å². The van der Waals surface area contributed by atoms with Gasteiger partial charge in [-0.15, -0.1) is 0 Å². The molecule has 0 aliphatic heterocycles. The normalized spacial score (nSPS) is 12.2. The van der Waals surface area contributed by atoms with E-state index < -0.39 is 5.97 Å². The number of hydrogen-bond acceptors (Lipinski definition) is 5. The van der Waals surface area contributed by atoms with E-state index in [1.54, 1.807) is 0 Å². The lowest BCUT2D eigenvalue weighted by atomic mass is 10.1. The third-order valence-corrected chi connectivity index (χ3v) is 4.47. The van der Waals surface area contributed by atoms with E-state index in [1.165, 1.54) is 11.1 Å². The Morgan fingerprint density at radius 2 is 1.79 bits per heavy atom. The number of benzene rings is 2. The molecule has 0 radical (unpaired) electrons. The number of rotatable bonds is 9. The van der Waals surface area contributed by atoms with Crippen LogP contribution in [0.1, 0.15) is 23.1 Å². The smallest absolute Gasteiger partial charge is 0.344 e. The highest BCUT2D eigenvalue weighted by Gasteiger charge is 2.13. The van der Waals surface area contributed by atoms with Crippen LogP contribution >= 0.6 is 0 Å². The number of esters is 1. The van der Waals surface area contributed by atoms with Crippen molar-refractivity contribution in [2.45, 2.75) is 26.2 Å². The van der Waals surface area contributed by atoms with Crippen molar-refractivity contribution in [3.63, 3.8) is 0 Å². The van der Waals surface area contributed by atoms with Gasteiger partial charge >= 0.3 is 5.97 Å². The van der Waals surface area contributed by atoms with Crippen molar-refractivity contribution in [3.05, 3.63) is 59.2 Å². The van der Waals surface area contributed by atoms with E-state index in [4.69, 9.17) is 14.2 Å². The Balaban J connectivity index is 1.28. The van der Waals surface area contributed by atoms with Crippen molar-refractivity contribution in [1.82, 2.24) is 5.32 Å². The predicted molar refractivity (Wildman–Crippen MR) is 105 cm³/mol. The van der Waals surface area contributed by atoms with Crippen LogP contribution in [-0.2, 0) is 27.2 Å². The number of amides is 1. The monoisotopic (exact) mass is 383 g/mol. The summed E-state index contributed by atoms with van der Waals surface area (Å²) >= 11 is 0. The topological polar surface area (TPSA) is 73.9 Å². The Labute approximate surface area is 164 Å². The molecule has 3 rings (SSSR count). The molecular weight excluding hydrogens is 358 g/mol. The van der Waals surface area contributed by atoms with Crippen LogP contribution in [0.3, 0.4) is 0 Å². The fourth-order valence-electron chi connectivity index (χ4n) is 3.08. The Kier molecular flexibility index (Phi) is 6.89. The zero-order valence-corrected chi connectivity index (χ0v) is 16.0. The summed E-state index contributed by atoms with van der Waals surface area (Å²) in [6, 6.07) is 13.5. The molecule has 0 fully saturated rings. The predicted octanol–water partition coefficient (Wildman–Crippen LogP) is 2.60. The fraction of sp³-hybridized carbons (Fsp3) is 0.364. The molecule has 2 aromatic carbocycles. The Hall–Kier alpha value is -3.02. The number of ether oxygens (including phenoxy) is 3. The minimum absolute atomic E-state index is 0.220. The quantitative estimate of drug-likeness (QED) is 0.532. The molecule has 28 heavy (non-hydrogen) atoms. The van der Waals surface area contributed by atoms with E-state index in [9.17, 15) is 9.59 Å². The molecule has 0 saturated heterocycles. The van der Waals surface area contributed by atoms with Gasteiger partial charge in [-0.25, -0.2) is 4.79 Å². The lowest BCUT2D eigenvalue weighted by Crippen LogP contribution is -2.32. The van der Waals surface area contributed by atoms with E-state index in [2.05, 4.69) is 5.32 Å². The summed E-state index contributed by atoms with van der Waals surface area (Å²) in [5, 5.41) is 2.64. The van der Waals surface area contributed by atoms with Gasteiger partial charge < -0.3 is 19.5 Å². The fourth-order valence-corrected chi connectivity index (χ4v) is 3.08. The third kappa shape index (κ3) is 6.01. The molecule has 0 saturated carbocycles. The zero-order chi connectivity index (χ0) is 19.8. The second-order valence-corrected chi connectivity index (χ2v) is 6.75. The molecule has 148 valence electrons. The first-order valence-electron chi connectivity index (χ1n) is 9.46. The van der Waals surface area contributed by atoms with Gasteiger partial charge in [0.15, 0.2) is 13.2 Å². The summed E-state index contributed by atoms with van der Waals surface area (Å²) in [5.74, 6) is 0.449. The molecule has 0 heterocycles. The van der Waals surface area contributed by atoms with Gasteiger partial charge in [-0.05, 0) is 67.1 Å². The van der Waals surface area contributed by atoms with Crippen LogP contribution in [0, 0.1) is 6.92 Å². The van der Waals surface area contributed by atoms with Crippen molar-refractivity contribution in [2.75, 3.05) is 26.4 Å². The molecule has 0 unspecified atom stereocenters. The summed E-state index contributed by atoms with van der Waals surface area (Å²) in [6.45, 7) is 2.09. The van der Waals surface area contributed by atoms with Crippen molar-refractivity contribution in [2.24, 2.45) is 0 Å². The lowest BCUT2D eigenvalue weighted by Gasteiger charge is -2.10. The Morgan fingerprint density at radius 1 is 0.964 bits per heavy atom. The zero-order valence-electron chi connectivity index (χ0n) is 16.0. The summed E-state index contributed by atoms with van der Waals surface area (Å²) < 4.78 is 15.9. The Bertz CT molecular complexity index is 833. The molecule has 1 aliphatic carbocycles. The SMILES string of the molecule is Cc1cccc(OCCNC(=O)COC(=O)COc2ccc3c(c2)CCC3)c1. The van der Waals surface area contributed by atoms with E-state index >= 15 is 0 Å². The highest BCUT2D eigenvalue weighted by molar-refractivity contribution is 5.80. The minimum atomic E-state index is -0.577.